The van der Waals surface area contributed by atoms with Gasteiger partial charge in [0.15, 0.2) is 13.2 Å². The number of carbonyl (C=O) groups excluding carboxylic acids is 1. The van der Waals surface area contributed by atoms with Gasteiger partial charge in [-0.15, -0.1) is 6.58 Å². The minimum absolute atomic E-state index is 0.0701. The number of hydroxylamine groups is 1. The zero-order valence-corrected chi connectivity index (χ0v) is 28.4. The normalized spacial score (nSPS) is 18.7. The number of nitro groups is 1. The van der Waals surface area contributed by atoms with Crippen LogP contribution in [0.4, 0.5) is 10.5 Å². The maximum atomic E-state index is 14.1. The van der Waals surface area contributed by atoms with E-state index in [1.807, 2.05) is 19.9 Å². The first-order valence-corrected chi connectivity index (χ1v) is 18.4. The van der Waals surface area contributed by atoms with E-state index in [-0.39, 0.29) is 30.7 Å². The van der Waals surface area contributed by atoms with E-state index in [1.165, 1.54) is 29.2 Å². The maximum Gasteiger partial charge on any atom is 0.410 e. The molecule has 0 bridgehead atoms. The Kier molecular flexibility index (Phi) is 11.3. The van der Waals surface area contributed by atoms with E-state index < -0.39 is 57.6 Å². The van der Waals surface area contributed by atoms with Crippen LogP contribution in [0.25, 0.3) is 0 Å². The Morgan fingerprint density at radius 1 is 1.21 bits per heavy atom. The van der Waals surface area contributed by atoms with E-state index in [9.17, 15) is 23.3 Å². The van der Waals surface area contributed by atoms with E-state index in [0.717, 1.165) is 10.5 Å². The van der Waals surface area contributed by atoms with Gasteiger partial charge in [-0.25, -0.2) is 13.2 Å². The fraction of sp³-hybridized carbons (Fsp3) is 0.621. The van der Waals surface area contributed by atoms with Crippen LogP contribution in [0.5, 0.6) is 0 Å². The fourth-order valence-electron chi connectivity index (χ4n) is 4.17. The molecule has 0 aliphatic carbocycles. The summed E-state index contributed by atoms with van der Waals surface area (Å²) in [5, 5.41) is 11.7. The molecule has 2 rings (SSSR count). The fourth-order valence-corrected chi connectivity index (χ4v) is 6.77. The molecule has 0 radical (unpaired) electrons. The number of hydrogen-bond donors (Lipinski definition) is 0. The molecule has 1 aromatic carbocycles. The van der Waals surface area contributed by atoms with Crippen molar-refractivity contribution < 1.29 is 32.1 Å². The largest absolute Gasteiger partial charge is 0.444 e. The van der Waals surface area contributed by atoms with Gasteiger partial charge in [0.2, 0.25) is 0 Å². The lowest BCUT2D eigenvalue weighted by Crippen LogP contribution is -2.58. The third kappa shape index (κ3) is 8.50. The number of amides is 1. The van der Waals surface area contributed by atoms with Gasteiger partial charge in [0.05, 0.1) is 30.2 Å². The number of sulfonamides is 1. The first-order valence-electron chi connectivity index (χ1n) is 14.0. The molecule has 0 N–H and O–H groups in total. The van der Waals surface area contributed by atoms with Crippen molar-refractivity contribution in [1.82, 2.24) is 9.37 Å². The average Bonchev–Trinajstić information content (AvgIpc) is 2.85. The summed E-state index contributed by atoms with van der Waals surface area (Å²) in [6.45, 7) is 23.2. The standard InChI is InChI=1S/C29H47N3O8SSi/c1-12-17-38-32(41(36,37)26-16-14-13-15-24(26)31(34)35)25-19-30(27(33)40-28(4,5)6)22(18-23(25)21(2)3)20-39-42(10,11)29(7,8)9/h12-16,18,21-22,25H,1,17,19-20H2,2-11H3/t22-,25-/m0/s1. The number of rotatable bonds is 11. The topological polar surface area (TPSA) is 129 Å². The molecule has 1 aromatic rings. The van der Waals surface area contributed by atoms with Gasteiger partial charge in [-0.05, 0) is 56.5 Å². The van der Waals surface area contributed by atoms with Crippen molar-refractivity contribution in [2.24, 2.45) is 5.92 Å². The highest BCUT2D eigenvalue weighted by Gasteiger charge is 2.46. The molecule has 1 aliphatic heterocycles. The van der Waals surface area contributed by atoms with Crippen LogP contribution in [0.3, 0.4) is 0 Å². The number of para-hydroxylation sites is 1. The molecule has 42 heavy (non-hydrogen) atoms. The molecule has 1 amide bonds. The van der Waals surface area contributed by atoms with Crippen LogP contribution >= 0.6 is 0 Å². The van der Waals surface area contributed by atoms with Crippen molar-refractivity contribution in [2.45, 2.75) is 96.1 Å². The highest BCUT2D eigenvalue weighted by molar-refractivity contribution is 7.89. The maximum absolute atomic E-state index is 14.1. The van der Waals surface area contributed by atoms with Crippen molar-refractivity contribution in [2.75, 3.05) is 19.8 Å². The van der Waals surface area contributed by atoms with Crippen molar-refractivity contribution in [3.8, 4) is 0 Å². The highest BCUT2D eigenvalue weighted by Crippen LogP contribution is 2.38. The van der Waals surface area contributed by atoms with E-state index >= 15 is 0 Å². The van der Waals surface area contributed by atoms with Crippen LogP contribution in [0, 0.1) is 16.0 Å². The summed E-state index contributed by atoms with van der Waals surface area (Å²) >= 11 is 0. The first kappa shape index (κ1) is 35.6. The predicted octanol–water partition coefficient (Wildman–Crippen LogP) is 6.30. The second-order valence-corrected chi connectivity index (χ2v) is 19.7. The third-order valence-electron chi connectivity index (χ3n) is 7.41. The summed E-state index contributed by atoms with van der Waals surface area (Å²) in [7, 11) is -6.80. The first-order chi connectivity index (χ1) is 19.1. The van der Waals surface area contributed by atoms with E-state index in [4.69, 9.17) is 14.0 Å². The Balaban J connectivity index is 2.72. The zero-order chi connectivity index (χ0) is 32.3. The van der Waals surface area contributed by atoms with Crippen molar-refractivity contribution in [3.63, 3.8) is 0 Å². The molecule has 11 nitrogen and oxygen atoms in total. The highest BCUT2D eigenvalue weighted by atomic mass is 32.2. The molecule has 2 atom stereocenters. The number of hydrogen-bond acceptors (Lipinski definition) is 8. The molecule has 1 aliphatic rings. The smallest absolute Gasteiger partial charge is 0.410 e. The molecule has 0 saturated heterocycles. The number of nitro benzene ring substituents is 1. The SMILES string of the molecule is C=CCON([C@H]1CN(C(=O)OC(C)(C)C)[C@H](CO[Si](C)(C)C(C)(C)C)C=C1C(C)C)S(=O)(=O)c1ccccc1[N+](=O)[O-]. The number of nitrogens with zero attached hydrogens (tertiary/aromatic N) is 3. The minimum atomic E-state index is -4.59. The molecule has 0 saturated carbocycles. The average molecular weight is 626 g/mol. The second kappa shape index (κ2) is 13.4. The molecular weight excluding hydrogens is 578 g/mol. The summed E-state index contributed by atoms with van der Waals surface area (Å²) in [5.41, 5.74) is -0.708. The van der Waals surface area contributed by atoms with E-state index in [0.29, 0.717) is 5.57 Å². The minimum Gasteiger partial charge on any atom is -0.444 e. The predicted molar refractivity (Wildman–Crippen MR) is 165 cm³/mol. The van der Waals surface area contributed by atoms with Crippen LogP contribution < -0.4 is 0 Å². The van der Waals surface area contributed by atoms with Crippen molar-refractivity contribution >= 4 is 30.1 Å². The van der Waals surface area contributed by atoms with Crippen LogP contribution in [0.15, 0.2) is 53.5 Å². The molecule has 1 heterocycles. The molecule has 0 aromatic heterocycles. The van der Waals surface area contributed by atoms with Crippen molar-refractivity contribution in [1.29, 1.82) is 0 Å². The Hall–Kier alpha value is -2.58. The summed E-state index contributed by atoms with van der Waals surface area (Å²) in [6.07, 6.45) is 2.59. The van der Waals surface area contributed by atoms with Gasteiger partial charge in [-0.1, -0.05) is 63.4 Å². The zero-order valence-electron chi connectivity index (χ0n) is 26.5. The van der Waals surface area contributed by atoms with Gasteiger partial charge in [-0.3, -0.25) is 19.9 Å². The lowest BCUT2D eigenvalue weighted by Gasteiger charge is -2.44. The van der Waals surface area contributed by atoms with E-state index in [2.05, 4.69) is 40.4 Å². The number of carbonyl (C=O) groups is 1. The molecule has 236 valence electrons. The molecule has 0 unspecified atom stereocenters. The van der Waals surface area contributed by atoms with Crippen LogP contribution in [-0.4, -0.2) is 74.6 Å². The van der Waals surface area contributed by atoms with Crippen LogP contribution in [0.1, 0.15) is 55.4 Å². The molecule has 0 fully saturated rings. The van der Waals surface area contributed by atoms with Crippen LogP contribution in [-0.2, 0) is 24.0 Å². The quantitative estimate of drug-likeness (QED) is 0.121. The van der Waals surface area contributed by atoms with Gasteiger partial charge in [0, 0.05) is 12.6 Å². The summed E-state index contributed by atoms with van der Waals surface area (Å²) in [5.74, 6) is -0.165. The summed E-state index contributed by atoms with van der Waals surface area (Å²) < 4.78 is 41.1. The number of benzene rings is 1. The lowest BCUT2D eigenvalue weighted by atomic mass is 9.90. The third-order valence-corrected chi connectivity index (χ3v) is 13.6. The molecule has 13 heteroatoms. The van der Waals surface area contributed by atoms with Gasteiger partial charge >= 0.3 is 6.09 Å². The Labute approximate surface area is 251 Å². The second-order valence-electron chi connectivity index (χ2n) is 13.2. The summed E-state index contributed by atoms with van der Waals surface area (Å²) in [6, 6.07) is 3.54. The number of ether oxygens (including phenoxy) is 1. The molecule has 0 spiro atoms. The van der Waals surface area contributed by atoms with Crippen LogP contribution in [0.2, 0.25) is 18.1 Å². The van der Waals surface area contributed by atoms with Gasteiger partial charge in [0.25, 0.3) is 15.7 Å². The van der Waals surface area contributed by atoms with Gasteiger partial charge in [0.1, 0.15) is 5.60 Å². The summed E-state index contributed by atoms with van der Waals surface area (Å²) in [4.78, 5) is 31.3. The van der Waals surface area contributed by atoms with Gasteiger partial charge < -0.3 is 9.16 Å². The Bertz CT molecular complexity index is 1280. The Morgan fingerprint density at radius 3 is 2.31 bits per heavy atom. The monoisotopic (exact) mass is 625 g/mol. The van der Waals surface area contributed by atoms with E-state index in [1.54, 1.807) is 20.8 Å². The lowest BCUT2D eigenvalue weighted by molar-refractivity contribution is -0.388. The van der Waals surface area contributed by atoms with Gasteiger partial charge in [-0.2, -0.15) is 0 Å². The Morgan fingerprint density at radius 2 is 1.81 bits per heavy atom. The van der Waals surface area contributed by atoms with Crippen molar-refractivity contribution in [3.05, 3.63) is 58.7 Å². The molecular formula is C29H47N3O8SSi.